The van der Waals surface area contributed by atoms with Crippen LogP contribution in [0.1, 0.15) is 11.3 Å². The van der Waals surface area contributed by atoms with Crippen molar-refractivity contribution in [3.8, 4) is 0 Å². The second-order valence-corrected chi connectivity index (χ2v) is 9.21. The van der Waals surface area contributed by atoms with Crippen molar-refractivity contribution in [1.29, 1.82) is 0 Å². The summed E-state index contributed by atoms with van der Waals surface area (Å²) < 4.78 is 23.7. The molecular weight excluding hydrogens is 348 g/mol. The molecule has 2 aromatic rings. The highest BCUT2D eigenvalue weighted by Crippen LogP contribution is 2.23. The standard InChI is InChI=1S/C16H18N2O2S3/c19-23(20)10-8-14(12-23)18(11-15-7-4-9-22-15)16(21)17-13-5-2-1-3-6-13/h1-7,9,14H,8,10-12H2,(H,17,21)/t14-/m0/s1. The molecule has 1 aromatic heterocycles. The maximum atomic E-state index is 11.8. The van der Waals surface area contributed by atoms with Gasteiger partial charge in [0.25, 0.3) is 0 Å². The Morgan fingerprint density at radius 3 is 2.65 bits per heavy atom. The zero-order valence-corrected chi connectivity index (χ0v) is 15.0. The van der Waals surface area contributed by atoms with E-state index in [4.69, 9.17) is 12.2 Å². The van der Waals surface area contributed by atoms with Crippen molar-refractivity contribution in [2.75, 3.05) is 16.8 Å². The van der Waals surface area contributed by atoms with Gasteiger partial charge in [-0.1, -0.05) is 24.3 Å². The summed E-state index contributed by atoms with van der Waals surface area (Å²) >= 11 is 7.22. The van der Waals surface area contributed by atoms with Crippen LogP contribution in [0.15, 0.2) is 47.8 Å². The predicted octanol–water partition coefficient (Wildman–Crippen LogP) is 3.13. The average molecular weight is 367 g/mol. The highest BCUT2D eigenvalue weighted by atomic mass is 32.2. The lowest BCUT2D eigenvalue weighted by molar-refractivity contribution is 0.335. The summed E-state index contributed by atoms with van der Waals surface area (Å²) in [6.45, 7) is 0.635. The van der Waals surface area contributed by atoms with Crippen LogP contribution in [-0.2, 0) is 16.4 Å². The van der Waals surface area contributed by atoms with Crippen molar-refractivity contribution in [3.63, 3.8) is 0 Å². The number of nitrogens with zero attached hydrogens (tertiary/aromatic N) is 1. The molecule has 23 heavy (non-hydrogen) atoms. The van der Waals surface area contributed by atoms with Crippen molar-refractivity contribution in [2.45, 2.75) is 19.0 Å². The molecule has 2 heterocycles. The number of hydrogen-bond donors (Lipinski definition) is 1. The fourth-order valence-corrected chi connectivity index (χ4v) is 5.44. The number of anilines is 1. The van der Waals surface area contributed by atoms with Crippen LogP contribution in [0.25, 0.3) is 0 Å². The van der Waals surface area contributed by atoms with Crippen LogP contribution in [0.2, 0.25) is 0 Å². The summed E-state index contributed by atoms with van der Waals surface area (Å²) in [5, 5.41) is 5.82. The lowest BCUT2D eigenvalue weighted by Gasteiger charge is -2.30. The molecule has 4 nitrogen and oxygen atoms in total. The van der Waals surface area contributed by atoms with E-state index in [0.29, 0.717) is 18.1 Å². The first-order valence-corrected chi connectivity index (χ1v) is 10.5. The van der Waals surface area contributed by atoms with Crippen LogP contribution in [0.3, 0.4) is 0 Å². The van der Waals surface area contributed by atoms with Gasteiger partial charge in [-0.2, -0.15) is 0 Å². The van der Waals surface area contributed by atoms with Gasteiger partial charge in [0.05, 0.1) is 18.1 Å². The Hall–Kier alpha value is -1.44. The molecule has 1 aromatic carbocycles. The number of benzene rings is 1. The SMILES string of the molecule is O=S1(=O)CC[C@H](N(Cc2cccs2)C(=S)Nc2ccccc2)C1. The number of para-hydroxylation sites is 1. The van der Waals surface area contributed by atoms with Gasteiger partial charge in [0.1, 0.15) is 0 Å². The van der Waals surface area contributed by atoms with E-state index < -0.39 is 9.84 Å². The third-order valence-corrected chi connectivity index (χ3v) is 6.79. The molecule has 1 aliphatic heterocycles. The molecular formula is C16H18N2O2S3. The Morgan fingerprint density at radius 1 is 1.26 bits per heavy atom. The molecule has 1 aliphatic rings. The molecule has 122 valence electrons. The van der Waals surface area contributed by atoms with E-state index in [1.165, 1.54) is 4.88 Å². The van der Waals surface area contributed by atoms with Gasteiger partial charge >= 0.3 is 0 Å². The van der Waals surface area contributed by atoms with Crippen LogP contribution >= 0.6 is 23.6 Å². The van der Waals surface area contributed by atoms with Gasteiger partial charge in [0, 0.05) is 16.6 Å². The van der Waals surface area contributed by atoms with Gasteiger partial charge in [-0.05, 0) is 42.2 Å². The minimum absolute atomic E-state index is 0.0641. The fraction of sp³-hybridized carbons (Fsp3) is 0.312. The zero-order chi connectivity index (χ0) is 16.3. The van der Waals surface area contributed by atoms with Crippen molar-refractivity contribution >= 4 is 44.2 Å². The minimum atomic E-state index is -2.95. The third kappa shape index (κ3) is 4.31. The summed E-state index contributed by atoms with van der Waals surface area (Å²) in [6, 6.07) is 13.7. The molecule has 1 saturated heterocycles. The zero-order valence-electron chi connectivity index (χ0n) is 12.5. The Bertz CT molecular complexity index is 758. The van der Waals surface area contributed by atoms with Gasteiger partial charge in [-0.3, -0.25) is 0 Å². The van der Waals surface area contributed by atoms with E-state index in [9.17, 15) is 8.42 Å². The highest BCUT2D eigenvalue weighted by molar-refractivity contribution is 7.91. The minimum Gasteiger partial charge on any atom is -0.340 e. The first kappa shape index (κ1) is 16.4. The topological polar surface area (TPSA) is 49.4 Å². The second-order valence-electron chi connectivity index (χ2n) is 5.56. The highest BCUT2D eigenvalue weighted by Gasteiger charge is 2.33. The molecule has 1 N–H and O–H groups in total. The number of hydrogen-bond acceptors (Lipinski definition) is 4. The molecule has 7 heteroatoms. The van der Waals surface area contributed by atoms with Gasteiger partial charge in [0.2, 0.25) is 0 Å². The van der Waals surface area contributed by atoms with E-state index in [2.05, 4.69) is 5.32 Å². The molecule has 3 rings (SSSR count). The average Bonchev–Trinajstić information content (AvgIpc) is 3.15. The molecule has 0 amide bonds. The van der Waals surface area contributed by atoms with Crippen LogP contribution in [0.4, 0.5) is 5.69 Å². The summed E-state index contributed by atoms with van der Waals surface area (Å²) in [6.07, 6.45) is 0.629. The van der Waals surface area contributed by atoms with Crippen LogP contribution in [0, 0.1) is 0 Å². The number of rotatable bonds is 4. The van der Waals surface area contributed by atoms with Gasteiger partial charge in [-0.25, -0.2) is 8.42 Å². The van der Waals surface area contributed by atoms with E-state index in [1.807, 2.05) is 52.7 Å². The Labute approximate surface area is 146 Å². The number of thiocarbonyl (C=S) groups is 1. The Kier molecular flexibility index (Phi) is 4.99. The summed E-state index contributed by atoms with van der Waals surface area (Å²) in [7, 11) is -2.95. The molecule has 0 bridgehead atoms. The predicted molar refractivity (Wildman–Crippen MR) is 99.6 cm³/mol. The van der Waals surface area contributed by atoms with Gasteiger partial charge in [0.15, 0.2) is 14.9 Å². The molecule has 0 unspecified atom stereocenters. The Morgan fingerprint density at radius 2 is 2.04 bits per heavy atom. The Balaban J connectivity index is 1.78. The first-order valence-electron chi connectivity index (χ1n) is 7.39. The molecule has 1 fully saturated rings. The second kappa shape index (κ2) is 6.98. The van der Waals surface area contributed by atoms with Crippen molar-refractivity contribution < 1.29 is 8.42 Å². The van der Waals surface area contributed by atoms with Crippen LogP contribution in [-0.4, -0.2) is 36.0 Å². The lowest BCUT2D eigenvalue weighted by atomic mass is 10.2. The van der Waals surface area contributed by atoms with Crippen LogP contribution in [0.5, 0.6) is 0 Å². The number of nitrogens with one attached hydrogen (secondary N) is 1. The normalized spacial score (nSPS) is 19.4. The summed E-state index contributed by atoms with van der Waals surface area (Å²) in [5.74, 6) is 0.418. The van der Waals surface area contributed by atoms with E-state index in [1.54, 1.807) is 11.3 Å². The quantitative estimate of drug-likeness (QED) is 0.843. The summed E-state index contributed by atoms with van der Waals surface area (Å²) in [4.78, 5) is 3.19. The molecule has 0 saturated carbocycles. The monoisotopic (exact) mass is 366 g/mol. The van der Waals surface area contributed by atoms with Crippen molar-refractivity contribution in [1.82, 2.24) is 4.90 Å². The summed E-state index contributed by atoms with van der Waals surface area (Å²) in [5.41, 5.74) is 0.912. The lowest BCUT2D eigenvalue weighted by Crippen LogP contribution is -2.42. The fourth-order valence-electron chi connectivity index (χ4n) is 2.68. The molecule has 0 aliphatic carbocycles. The van der Waals surface area contributed by atoms with Crippen molar-refractivity contribution in [2.24, 2.45) is 0 Å². The molecule has 0 radical (unpaired) electrons. The number of sulfone groups is 1. The van der Waals surface area contributed by atoms with Crippen LogP contribution < -0.4 is 5.32 Å². The largest absolute Gasteiger partial charge is 0.340 e. The van der Waals surface area contributed by atoms with E-state index in [-0.39, 0.29) is 17.5 Å². The van der Waals surface area contributed by atoms with Crippen molar-refractivity contribution in [3.05, 3.63) is 52.7 Å². The van der Waals surface area contributed by atoms with Gasteiger partial charge in [-0.15, -0.1) is 11.3 Å². The number of thiophene rings is 1. The van der Waals surface area contributed by atoms with Gasteiger partial charge < -0.3 is 10.2 Å². The maximum Gasteiger partial charge on any atom is 0.174 e. The third-order valence-electron chi connectivity index (χ3n) is 3.84. The molecule has 1 atom stereocenters. The van der Waals surface area contributed by atoms with E-state index in [0.717, 1.165) is 5.69 Å². The molecule has 0 spiro atoms. The smallest absolute Gasteiger partial charge is 0.174 e. The van der Waals surface area contributed by atoms with E-state index >= 15 is 0 Å². The maximum absolute atomic E-state index is 11.8. The first-order chi connectivity index (χ1) is 11.0.